The minimum atomic E-state index is -1.11. The first-order chi connectivity index (χ1) is 8.76. The molecule has 1 heterocycles. The van der Waals surface area contributed by atoms with Crippen LogP contribution in [-0.2, 0) is 10.2 Å². The summed E-state index contributed by atoms with van der Waals surface area (Å²) in [4.78, 5) is 11.5. The summed E-state index contributed by atoms with van der Waals surface area (Å²) in [6, 6.07) is 5.28. The fraction of sp³-hybridized carbons (Fsp3) is 0.500. The third-order valence-corrected chi connectivity index (χ3v) is 3.98. The molecule has 1 saturated carbocycles. The Balaban J connectivity index is 2.03. The topological polar surface area (TPSA) is 35.5 Å². The van der Waals surface area contributed by atoms with E-state index in [1.807, 2.05) is 0 Å². The Hall–Kier alpha value is -1.58. The van der Waals surface area contributed by atoms with Crippen LogP contribution in [0.1, 0.15) is 31.2 Å². The van der Waals surface area contributed by atoms with Crippen LogP contribution in [0.2, 0.25) is 0 Å². The molecule has 4 heteroatoms. The lowest BCUT2D eigenvalue weighted by atomic mass is 9.69. The summed E-state index contributed by atoms with van der Waals surface area (Å²) in [5.41, 5.74) is -0.298. The quantitative estimate of drug-likeness (QED) is 0.757. The van der Waals surface area contributed by atoms with Crippen molar-refractivity contribution >= 4 is 6.29 Å². The van der Waals surface area contributed by atoms with E-state index in [1.165, 1.54) is 0 Å². The van der Waals surface area contributed by atoms with Crippen molar-refractivity contribution in [2.45, 2.75) is 37.3 Å². The number of rotatable bonds is 2. The first kappa shape index (κ1) is 11.5. The fourth-order valence-corrected chi connectivity index (χ4v) is 2.87. The number of hydrogen-bond donors (Lipinski definition) is 0. The molecule has 0 radical (unpaired) electrons. The lowest BCUT2D eigenvalue weighted by Gasteiger charge is -2.35. The van der Waals surface area contributed by atoms with Gasteiger partial charge in [0.15, 0.2) is 11.5 Å². The molecule has 18 heavy (non-hydrogen) atoms. The van der Waals surface area contributed by atoms with Crippen LogP contribution >= 0.6 is 0 Å². The highest BCUT2D eigenvalue weighted by Gasteiger charge is 2.43. The monoisotopic (exact) mass is 250 g/mol. The molecule has 2 atom stereocenters. The zero-order valence-corrected chi connectivity index (χ0v) is 10.0. The van der Waals surface area contributed by atoms with Gasteiger partial charge in [0, 0.05) is 0 Å². The van der Waals surface area contributed by atoms with Crippen LogP contribution in [0.15, 0.2) is 18.2 Å². The van der Waals surface area contributed by atoms with Gasteiger partial charge in [0.2, 0.25) is 6.79 Å². The molecule has 0 N–H and O–H groups in total. The number of halogens is 1. The van der Waals surface area contributed by atoms with E-state index in [0.717, 1.165) is 19.1 Å². The molecule has 1 aromatic carbocycles. The van der Waals surface area contributed by atoms with Crippen LogP contribution in [0.3, 0.4) is 0 Å². The van der Waals surface area contributed by atoms with Gasteiger partial charge in [-0.1, -0.05) is 18.9 Å². The van der Waals surface area contributed by atoms with Gasteiger partial charge < -0.3 is 14.3 Å². The van der Waals surface area contributed by atoms with Gasteiger partial charge in [-0.05, 0) is 30.5 Å². The Bertz CT molecular complexity index is 474. The van der Waals surface area contributed by atoms with E-state index in [4.69, 9.17) is 9.47 Å². The molecule has 1 aliphatic carbocycles. The number of carbonyl (C=O) groups excluding carboxylic acids is 1. The van der Waals surface area contributed by atoms with Gasteiger partial charge in [-0.3, -0.25) is 0 Å². The van der Waals surface area contributed by atoms with Crippen LogP contribution in [0.4, 0.5) is 4.39 Å². The molecule has 0 unspecified atom stereocenters. The van der Waals surface area contributed by atoms with Gasteiger partial charge in [-0.15, -0.1) is 0 Å². The molecule has 96 valence electrons. The average Bonchev–Trinajstić information content (AvgIpc) is 2.87. The average molecular weight is 250 g/mol. The minimum Gasteiger partial charge on any atom is -0.454 e. The van der Waals surface area contributed by atoms with Gasteiger partial charge in [0.05, 0.1) is 5.41 Å². The molecule has 0 spiro atoms. The lowest BCUT2D eigenvalue weighted by molar-refractivity contribution is -0.116. The van der Waals surface area contributed by atoms with Gasteiger partial charge in [-0.2, -0.15) is 0 Å². The van der Waals surface area contributed by atoms with Crippen LogP contribution in [0.5, 0.6) is 11.5 Å². The predicted molar refractivity (Wildman–Crippen MR) is 63.7 cm³/mol. The van der Waals surface area contributed by atoms with Crippen LogP contribution in [0, 0.1) is 0 Å². The van der Waals surface area contributed by atoms with Crippen molar-refractivity contribution in [3.05, 3.63) is 23.8 Å². The predicted octanol–water partition coefficient (Wildman–Crippen LogP) is 2.76. The number of benzene rings is 1. The molecule has 1 fully saturated rings. The van der Waals surface area contributed by atoms with Crippen molar-refractivity contribution in [2.75, 3.05) is 6.79 Å². The van der Waals surface area contributed by atoms with Crippen molar-refractivity contribution in [1.29, 1.82) is 0 Å². The second-order valence-corrected chi connectivity index (χ2v) is 4.94. The molecular weight excluding hydrogens is 235 g/mol. The van der Waals surface area contributed by atoms with Gasteiger partial charge in [-0.25, -0.2) is 4.39 Å². The van der Waals surface area contributed by atoms with Crippen molar-refractivity contribution in [3.63, 3.8) is 0 Å². The molecule has 0 aromatic heterocycles. The summed E-state index contributed by atoms with van der Waals surface area (Å²) in [7, 11) is 0. The number of fused-ring (bicyclic) bond motifs is 1. The molecule has 3 rings (SSSR count). The lowest BCUT2D eigenvalue weighted by Crippen LogP contribution is -2.41. The first-order valence-electron chi connectivity index (χ1n) is 6.27. The second kappa shape index (κ2) is 4.26. The summed E-state index contributed by atoms with van der Waals surface area (Å²) < 4.78 is 24.8. The Kier molecular flexibility index (Phi) is 2.73. The SMILES string of the molecule is O=C[C@]1(c2ccc3c(c2)OCO3)CCCC[C@@H]1F. The molecule has 2 aliphatic rings. The highest BCUT2D eigenvalue weighted by Crippen LogP contribution is 2.43. The van der Waals surface area contributed by atoms with Crippen LogP contribution < -0.4 is 9.47 Å². The maximum Gasteiger partial charge on any atom is 0.231 e. The Labute approximate surface area is 105 Å². The molecule has 0 saturated heterocycles. The van der Waals surface area contributed by atoms with Gasteiger partial charge in [0.1, 0.15) is 12.5 Å². The zero-order chi connectivity index (χ0) is 12.6. The fourth-order valence-electron chi connectivity index (χ4n) is 2.87. The highest BCUT2D eigenvalue weighted by atomic mass is 19.1. The van der Waals surface area contributed by atoms with Crippen LogP contribution in [0.25, 0.3) is 0 Å². The molecule has 0 amide bonds. The van der Waals surface area contributed by atoms with E-state index in [-0.39, 0.29) is 6.79 Å². The maximum absolute atomic E-state index is 14.2. The van der Waals surface area contributed by atoms with Gasteiger partial charge in [0.25, 0.3) is 0 Å². The largest absolute Gasteiger partial charge is 0.454 e. The third kappa shape index (κ3) is 1.59. The molecule has 3 nitrogen and oxygen atoms in total. The standard InChI is InChI=1S/C14H15FO3/c15-13-3-1-2-6-14(13,8-16)10-4-5-11-12(7-10)18-9-17-11/h4-5,7-8,13H,1-3,6,9H2/t13-,14-/m0/s1. The summed E-state index contributed by atoms with van der Waals surface area (Å²) in [5, 5.41) is 0. The van der Waals surface area contributed by atoms with Crippen molar-refractivity contribution < 1.29 is 18.7 Å². The van der Waals surface area contributed by atoms with Crippen molar-refractivity contribution in [2.24, 2.45) is 0 Å². The van der Waals surface area contributed by atoms with Gasteiger partial charge >= 0.3 is 0 Å². The number of aldehydes is 1. The summed E-state index contributed by atoms with van der Waals surface area (Å²) in [5.74, 6) is 1.26. The van der Waals surface area contributed by atoms with Crippen LogP contribution in [-0.4, -0.2) is 19.3 Å². The summed E-state index contributed by atoms with van der Waals surface area (Å²) >= 11 is 0. The van der Waals surface area contributed by atoms with Crippen molar-refractivity contribution in [1.82, 2.24) is 0 Å². The number of hydrogen-bond acceptors (Lipinski definition) is 3. The maximum atomic E-state index is 14.2. The zero-order valence-electron chi connectivity index (χ0n) is 10.0. The number of ether oxygens (including phenoxy) is 2. The third-order valence-electron chi connectivity index (χ3n) is 3.98. The Morgan fingerprint density at radius 1 is 1.28 bits per heavy atom. The van der Waals surface area contributed by atoms with E-state index in [0.29, 0.717) is 29.9 Å². The van der Waals surface area contributed by atoms with E-state index in [2.05, 4.69) is 0 Å². The smallest absolute Gasteiger partial charge is 0.231 e. The van der Waals surface area contributed by atoms with E-state index < -0.39 is 11.6 Å². The Morgan fingerprint density at radius 2 is 2.11 bits per heavy atom. The highest BCUT2D eigenvalue weighted by molar-refractivity contribution is 5.71. The number of carbonyl (C=O) groups is 1. The summed E-state index contributed by atoms with van der Waals surface area (Å²) in [6.45, 7) is 0.186. The van der Waals surface area contributed by atoms with E-state index in [9.17, 15) is 9.18 Å². The van der Waals surface area contributed by atoms with E-state index >= 15 is 0 Å². The minimum absolute atomic E-state index is 0.186. The molecule has 0 bridgehead atoms. The number of alkyl halides is 1. The molecule has 1 aromatic rings. The Morgan fingerprint density at radius 3 is 2.89 bits per heavy atom. The first-order valence-corrected chi connectivity index (χ1v) is 6.27. The molecular formula is C14H15FO3. The normalized spacial score (nSPS) is 30.2. The van der Waals surface area contributed by atoms with E-state index in [1.54, 1.807) is 18.2 Å². The van der Waals surface area contributed by atoms with Crippen molar-refractivity contribution in [3.8, 4) is 11.5 Å². The molecule has 1 aliphatic heterocycles. The second-order valence-electron chi connectivity index (χ2n) is 4.94. The summed E-state index contributed by atoms with van der Waals surface area (Å²) in [6.07, 6.45) is 2.41.